The summed E-state index contributed by atoms with van der Waals surface area (Å²) in [6, 6.07) is 6.51. The van der Waals surface area contributed by atoms with E-state index in [1.54, 1.807) is 0 Å². The van der Waals surface area contributed by atoms with E-state index in [2.05, 4.69) is 45.2 Å². The van der Waals surface area contributed by atoms with Gasteiger partial charge in [0.2, 0.25) is 0 Å². The molecule has 18 heavy (non-hydrogen) atoms. The number of nitrogens with one attached hydrogen (secondary N) is 1. The van der Waals surface area contributed by atoms with Gasteiger partial charge in [-0.2, -0.15) is 5.10 Å². The quantitative estimate of drug-likeness (QED) is 0.847. The van der Waals surface area contributed by atoms with Crippen LogP contribution in [0.25, 0.3) is 0 Å². The molecule has 0 saturated carbocycles. The summed E-state index contributed by atoms with van der Waals surface area (Å²) in [6.45, 7) is 3.14. The van der Waals surface area contributed by atoms with Crippen LogP contribution < -0.4 is 5.32 Å². The molecule has 2 aromatic rings. The van der Waals surface area contributed by atoms with Gasteiger partial charge in [0.05, 0.1) is 11.7 Å². The maximum atomic E-state index is 4.38. The van der Waals surface area contributed by atoms with Gasteiger partial charge in [0.1, 0.15) is 0 Å². The van der Waals surface area contributed by atoms with E-state index < -0.39 is 0 Å². The highest BCUT2D eigenvalue weighted by molar-refractivity contribution is 5.16. The van der Waals surface area contributed by atoms with Crippen molar-refractivity contribution in [2.24, 2.45) is 0 Å². The fraction of sp³-hybridized carbons (Fsp3) is 0.429. The Morgan fingerprint density at radius 3 is 2.67 bits per heavy atom. The largest absolute Gasteiger partial charge is 0.311 e. The second-order valence-electron chi connectivity index (χ2n) is 4.38. The van der Waals surface area contributed by atoms with Crippen molar-refractivity contribution in [1.29, 1.82) is 0 Å². The molecule has 0 spiro atoms. The Morgan fingerprint density at radius 1 is 1.22 bits per heavy atom. The molecule has 4 nitrogen and oxygen atoms in total. The Labute approximate surface area is 108 Å². The number of pyridine rings is 1. The molecule has 0 fully saturated rings. The van der Waals surface area contributed by atoms with Crippen molar-refractivity contribution in [2.45, 2.75) is 32.4 Å². The molecular weight excluding hydrogens is 224 g/mol. The first-order valence-corrected chi connectivity index (χ1v) is 6.43. The summed E-state index contributed by atoms with van der Waals surface area (Å²) < 4.78 is 2.09. The van der Waals surface area contributed by atoms with Crippen molar-refractivity contribution < 1.29 is 0 Å². The summed E-state index contributed by atoms with van der Waals surface area (Å²) >= 11 is 0. The normalized spacial score (nSPS) is 12.6. The Kier molecular flexibility index (Phi) is 4.47. The number of likely N-dealkylation sites (N-methyl/N-ethyl adjacent to an activating group) is 1. The summed E-state index contributed by atoms with van der Waals surface area (Å²) in [7, 11) is 2.00. The monoisotopic (exact) mass is 244 g/mol. The molecule has 0 aliphatic carbocycles. The van der Waals surface area contributed by atoms with E-state index in [0.717, 1.165) is 19.4 Å². The number of hydrogen-bond acceptors (Lipinski definition) is 3. The average Bonchev–Trinajstić information content (AvgIpc) is 2.86. The molecule has 2 rings (SSSR count). The summed E-state index contributed by atoms with van der Waals surface area (Å²) in [6.07, 6.45) is 7.60. The number of aryl methyl sites for hydroxylation is 1. The van der Waals surface area contributed by atoms with Crippen LogP contribution in [0.5, 0.6) is 0 Å². The molecule has 1 unspecified atom stereocenters. The fourth-order valence-corrected chi connectivity index (χ4v) is 2.15. The standard InChI is InChI=1S/C14H20N4/c1-3-10-18-14(6-9-17-18)13(15-2)11-12-4-7-16-8-5-12/h4-9,13,15H,3,10-11H2,1-2H3. The number of nitrogens with zero attached hydrogens (tertiary/aromatic N) is 3. The van der Waals surface area contributed by atoms with E-state index >= 15 is 0 Å². The Hall–Kier alpha value is -1.68. The first-order valence-electron chi connectivity index (χ1n) is 6.43. The van der Waals surface area contributed by atoms with E-state index in [0.29, 0.717) is 6.04 Å². The number of hydrogen-bond donors (Lipinski definition) is 1. The van der Waals surface area contributed by atoms with Crippen LogP contribution in [-0.4, -0.2) is 21.8 Å². The van der Waals surface area contributed by atoms with Crippen molar-refractivity contribution in [2.75, 3.05) is 7.05 Å². The molecule has 2 aromatic heterocycles. The second-order valence-corrected chi connectivity index (χ2v) is 4.38. The fourth-order valence-electron chi connectivity index (χ4n) is 2.15. The molecule has 0 aliphatic rings. The van der Waals surface area contributed by atoms with Crippen LogP contribution in [0.15, 0.2) is 36.8 Å². The molecule has 4 heteroatoms. The van der Waals surface area contributed by atoms with Crippen molar-refractivity contribution in [3.8, 4) is 0 Å². The minimum absolute atomic E-state index is 0.293. The first kappa shape index (κ1) is 12.8. The third-order valence-corrected chi connectivity index (χ3v) is 3.08. The van der Waals surface area contributed by atoms with Crippen LogP contribution in [0.3, 0.4) is 0 Å². The highest BCUT2D eigenvalue weighted by atomic mass is 15.3. The van der Waals surface area contributed by atoms with E-state index in [4.69, 9.17) is 0 Å². The predicted octanol–water partition coefficient (Wildman–Crippen LogP) is 2.19. The SMILES string of the molecule is CCCn1nccc1C(Cc1ccncc1)NC. The Balaban J connectivity index is 2.15. The van der Waals surface area contributed by atoms with E-state index in [1.807, 2.05) is 25.6 Å². The molecular formula is C14H20N4. The van der Waals surface area contributed by atoms with Gasteiger partial charge in [-0.1, -0.05) is 6.92 Å². The lowest BCUT2D eigenvalue weighted by Crippen LogP contribution is -2.22. The summed E-state index contributed by atoms with van der Waals surface area (Å²) in [5.41, 5.74) is 2.53. The maximum Gasteiger partial charge on any atom is 0.0556 e. The van der Waals surface area contributed by atoms with Gasteiger partial charge in [-0.25, -0.2) is 0 Å². The number of rotatable bonds is 6. The lowest BCUT2D eigenvalue weighted by Gasteiger charge is -2.18. The smallest absolute Gasteiger partial charge is 0.0556 e. The summed E-state index contributed by atoms with van der Waals surface area (Å²) in [4.78, 5) is 4.05. The van der Waals surface area contributed by atoms with Gasteiger partial charge in [-0.05, 0) is 43.7 Å². The van der Waals surface area contributed by atoms with Gasteiger partial charge in [-0.3, -0.25) is 9.67 Å². The molecule has 0 amide bonds. The minimum atomic E-state index is 0.293. The van der Waals surface area contributed by atoms with Gasteiger partial charge in [0, 0.05) is 25.1 Å². The predicted molar refractivity (Wildman–Crippen MR) is 72.3 cm³/mol. The zero-order valence-corrected chi connectivity index (χ0v) is 11.0. The topological polar surface area (TPSA) is 42.7 Å². The van der Waals surface area contributed by atoms with Crippen molar-refractivity contribution in [3.63, 3.8) is 0 Å². The third kappa shape index (κ3) is 2.96. The molecule has 0 bridgehead atoms. The van der Waals surface area contributed by atoms with Crippen LogP contribution in [0.4, 0.5) is 0 Å². The minimum Gasteiger partial charge on any atom is -0.311 e. The molecule has 1 N–H and O–H groups in total. The van der Waals surface area contributed by atoms with Crippen LogP contribution in [0.2, 0.25) is 0 Å². The third-order valence-electron chi connectivity index (χ3n) is 3.08. The van der Waals surface area contributed by atoms with E-state index in [1.165, 1.54) is 11.3 Å². The molecule has 0 saturated heterocycles. The highest BCUT2D eigenvalue weighted by Gasteiger charge is 2.14. The van der Waals surface area contributed by atoms with Crippen molar-refractivity contribution >= 4 is 0 Å². The molecule has 0 aliphatic heterocycles. The van der Waals surface area contributed by atoms with Gasteiger partial charge >= 0.3 is 0 Å². The van der Waals surface area contributed by atoms with Gasteiger partial charge in [0.25, 0.3) is 0 Å². The lowest BCUT2D eigenvalue weighted by atomic mass is 10.0. The van der Waals surface area contributed by atoms with Gasteiger partial charge < -0.3 is 5.32 Å². The molecule has 0 radical (unpaired) electrons. The second kappa shape index (κ2) is 6.31. The van der Waals surface area contributed by atoms with Crippen molar-refractivity contribution in [3.05, 3.63) is 48.0 Å². The van der Waals surface area contributed by atoms with E-state index in [-0.39, 0.29) is 0 Å². The number of aromatic nitrogens is 3. The maximum absolute atomic E-state index is 4.38. The van der Waals surface area contributed by atoms with Crippen LogP contribution in [0, 0.1) is 0 Å². The van der Waals surface area contributed by atoms with Crippen LogP contribution in [0.1, 0.15) is 30.6 Å². The Morgan fingerprint density at radius 2 is 2.00 bits per heavy atom. The molecule has 96 valence electrons. The first-order chi connectivity index (χ1) is 8.85. The van der Waals surface area contributed by atoms with Gasteiger partial charge in [0.15, 0.2) is 0 Å². The zero-order valence-electron chi connectivity index (χ0n) is 11.0. The highest BCUT2D eigenvalue weighted by Crippen LogP contribution is 2.17. The average molecular weight is 244 g/mol. The van der Waals surface area contributed by atoms with Crippen LogP contribution in [-0.2, 0) is 13.0 Å². The zero-order chi connectivity index (χ0) is 12.8. The lowest BCUT2D eigenvalue weighted by molar-refractivity contribution is 0.496. The molecule has 0 aromatic carbocycles. The summed E-state index contributed by atoms with van der Waals surface area (Å²) in [5, 5.41) is 7.75. The molecule has 2 heterocycles. The Bertz CT molecular complexity index is 464. The molecule has 1 atom stereocenters. The van der Waals surface area contributed by atoms with E-state index in [9.17, 15) is 0 Å². The summed E-state index contributed by atoms with van der Waals surface area (Å²) in [5.74, 6) is 0. The van der Waals surface area contributed by atoms with Crippen LogP contribution >= 0.6 is 0 Å². The van der Waals surface area contributed by atoms with Crippen molar-refractivity contribution in [1.82, 2.24) is 20.1 Å². The van der Waals surface area contributed by atoms with Gasteiger partial charge in [-0.15, -0.1) is 0 Å².